The van der Waals surface area contributed by atoms with Crippen LogP contribution < -0.4 is 16.2 Å². The van der Waals surface area contributed by atoms with Crippen LogP contribution in [0.1, 0.15) is 46.5 Å². The van der Waals surface area contributed by atoms with Gasteiger partial charge in [-0.15, -0.1) is 0 Å². The summed E-state index contributed by atoms with van der Waals surface area (Å²) < 4.78 is 1.24. The number of nitrogens with one attached hydrogen (secondary N) is 3. The molecule has 0 spiro atoms. The lowest BCUT2D eigenvalue weighted by Gasteiger charge is -2.34. The maximum atomic E-state index is 5.97. The molecule has 1 heterocycles. The summed E-state index contributed by atoms with van der Waals surface area (Å²) in [7, 11) is 0. The van der Waals surface area contributed by atoms with Crippen molar-refractivity contribution in [3.63, 3.8) is 0 Å². The normalized spacial score (nSPS) is 21.9. The van der Waals surface area contributed by atoms with Crippen molar-refractivity contribution in [2.45, 2.75) is 57.5 Å². The van der Waals surface area contributed by atoms with Crippen molar-refractivity contribution in [2.75, 3.05) is 0 Å². The Kier molecular flexibility index (Phi) is 5.86. The SMILES string of the molecule is CCCCCC(C)(C)NC1=CC(Cl)NN(Cl)N1. The summed E-state index contributed by atoms with van der Waals surface area (Å²) in [6.45, 7) is 6.56. The van der Waals surface area contributed by atoms with E-state index in [1.54, 1.807) is 0 Å². The molecule has 0 aromatic rings. The fourth-order valence-corrected chi connectivity index (χ4v) is 2.25. The predicted molar refractivity (Wildman–Crippen MR) is 73.0 cm³/mol. The van der Waals surface area contributed by atoms with Crippen LogP contribution in [-0.4, -0.2) is 15.7 Å². The molecule has 1 unspecified atom stereocenters. The number of rotatable bonds is 6. The first-order chi connectivity index (χ1) is 7.93. The molecule has 0 fully saturated rings. The third-order valence-corrected chi connectivity index (χ3v) is 3.05. The van der Waals surface area contributed by atoms with E-state index in [-0.39, 0.29) is 11.0 Å². The van der Waals surface area contributed by atoms with E-state index in [4.69, 9.17) is 23.4 Å². The molecule has 0 aromatic carbocycles. The molecule has 100 valence electrons. The summed E-state index contributed by atoms with van der Waals surface area (Å²) >= 11 is 11.8. The van der Waals surface area contributed by atoms with Crippen molar-refractivity contribution < 1.29 is 0 Å². The highest BCUT2D eigenvalue weighted by Crippen LogP contribution is 2.16. The lowest BCUT2D eigenvalue weighted by atomic mass is 9.97. The first-order valence-electron chi connectivity index (χ1n) is 6.06. The van der Waals surface area contributed by atoms with Crippen LogP contribution in [0.3, 0.4) is 0 Å². The third kappa shape index (κ3) is 5.82. The fraction of sp³-hybridized carbons (Fsp3) is 0.818. The predicted octanol–water partition coefficient (Wildman–Crippen LogP) is 2.82. The summed E-state index contributed by atoms with van der Waals surface area (Å²) in [4.78, 5) is 0. The average molecular weight is 281 g/mol. The lowest BCUT2D eigenvalue weighted by Crippen LogP contribution is -2.54. The average Bonchev–Trinajstić information content (AvgIpc) is 2.14. The van der Waals surface area contributed by atoms with Crippen LogP contribution in [0.15, 0.2) is 11.9 Å². The fourth-order valence-electron chi connectivity index (χ4n) is 1.78. The molecule has 4 nitrogen and oxygen atoms in total. The van der Waals surface area contributed by atoms with E-state index >= 15 is 0 Å². The van der Waals surface area contributed by atoms with Gasteiger partial charge in [-0.1, -0.05) is 42.4 Å². The molecule has 17 heavy (non-hydrogen) atoms. The Morgan fingerprint density at radius 3 is 2.76 bits per heavy atom. The number of hydrogen-bond donors (Lipinski definition) is 3. The van der Waals surface area contributed by atoms with Crippen molar-refractivity contribution >= 4 is 23.4 Å². The van der Waals surface area contributed by atoms with Gasteiger partial charge in [0, 0.05) is 17.3 Å². The van der Waals surface area contributed by atoms with Gasteiger partial charge in [-0.2, -0.15) is 0 Å². The second kappa shape index (κ2) is 6.69. The standard InChI is InChI=1S/C11H22Cl2N4/c1-4-5-6-7-11(2,3)14-10-8-9(12)15-17(13)16-10/h8-9,14-16H,4-7H2,1-3H3. The van der Waals surface area contributed by atoms with E-state index in [2.05, 4.69) is 36.9 Å². The van der Waals surface area contributed by atoms with E-state index < -0.39 is 0 Å². The van der Waals surface area contributed by atoms with Crippen LogP contribution >= 0.6 is 23.4 Å². The number of unbranched alkanes of at least 4 members (excludes halogenated alkanes) is 2. The molecule has 0 saturated carbocycles. The summed E-state index contributed by atoms with van der Waals surface area (Å²) in [6, 6.07) is 0. The van der Waals surface area contributed by atoms with Crippen molar-refractivity contribution in [3.05, 3.63) is 11.9 Å². The van der Waals surface area contributed by atoms with Gasteiger partial charge < -0.3 is 5.32 Å². The molecule has 0 radical (unpaired) electrons. The number of nitrogens with zero attached hydrogens (tertiary/aromatic N) is 1. The second-order valence-corrected chi connectivity index (χ2v) is 5.78. The summed E-state index contributed by atoms with van der Waals surface area (Å²) in [5.74, 6) is 0.834. The summed E-state index contributed by atoms with van der Waals surface area (Å²) in [5.41, 5.74) is 5.45. The Balaban J connectivity index is 2.45. The Morgan fingerprint density at radius 1 is 1.47 bits per heavy atom. The lowest BCUT2D eigenvalue weighted by molar-refractivity contribution is 0.232. The Hall–Kier alpha value is -0.160. The zero-order valence-electron chi connectivity index (χ0n) is 10.7. The highest BCUT2D eigenvalue weighted by molar-refractivity contribution is 6.22. The van der Waals surface area contributed by atoms with E-state index in [9.17, 15) is 0 Å². The largest absolute Gasteiger partial charge is 0.366 e. The van der Waals surface area contributed by atoms with Gasteiger partial charge in [-0.25, -0.2) is 5.43 Å². The zero-order chi connectivity index (χ0) is 12.9. The summed E-state index contributed by atoms with van der Waals surface area (Å²) in [6.07, 6.45) is 6.69. The van der Waals surface area contributed by atoms with Gasteiger partial charge in [0.15, 0.2) is 0 Å². The van der Waals surface area contributed by atoms with Gasteiger partial charge in [0.1, 0.15) is 11.3 Å². The molecule has 0 amide bonds. The van der Waals surface area contributed by atoms with E-state index in [1.807, 2.05) is 6.08 Å². The number of hydrazine groups is 2. The first-order valence-corrected chi connectivity index (χ1v) is 6.83. The Bertz CT molecular complexity index is 268. The summed E-state index contributed by atoms with van der Waals surface area (Å²) in [5, 5.41) is 3.41. The van der Waals surface area contributed by atoms with Gasteiger partial charge in [0.2, 0.25) is 0 Å². The van der Waals surface area contributed by atoms with Crippen LogP contribution in [0.2, 0.25) is 0 Å². The highest BCUT2D eigenvalue weighted by atomic mass is 35.5. The van der Waals surface area contributed by atoms with Crippen LogP contribution in [0.5, 0.6) is 0 Å². The monoisotopic (exact) mass is 280 g/mol. The smallest absolute Gasteiger partial charge is 0.120 e. The molecule has 1 atom stereocenters. The van der Waals surface area contributed by atoms with Gasteiger partial charge in [-0.05, 0) is 26.3 Å². The first kappa shape index (κ1) is 14.9. The molecule has 0 bridgehead atoms. The second-order valence-electron chi connectivity index (χ2n) is 4.97. The topological polar surface area (TPSA) is 39.3 Å². The minimum atomic E-state index is -0.303. The van der Waals surface area contributed by atoms with Crippen molar-refractivity contribution in [1.82, 2.24) is 20.8 Å². The minimum Gasteiger partial charge on any atom is -0.366 e. The molecule has 1 aliphatic heterocycles. The molecule has 1 rings (SSSR count). The quantitative estimate of drug-likeness (QED) is 0.303. The van der Waals surface area contributed by atoms with Gasteiger partial charge >= 0.3 is 0 Å². The molecule has 6 heteroatoms. The van der Waals surface area contributed by atoms with Gasteiger partial charge in [0.25, 0.3) is 0 Å². The van der Waals surface area contributed by atoms with Crippen LogP contribution in [0.25, 0.3) is 0 Å². The van der Waals surface area contributed by atoms with Crippen molar-refractivity contribution in [1.29, 1.82) is 0 Å². The molecule has 0 aromatic heterocycles. The van der Waals surface area contributed by atoms with Crippen LogP contribution in [0.4, 0.5) is 0 Å². The molecule has 0 saturated heterocycles. The van der Waals surface area contributed by atoms with E-state index in [0.29, 0.717) is 0 Å². The van der Waals surface area contributed by atoms with Gasteiger partial charge in [-0.3, -0.25) is 5.43 Å². The van der Waals surface area contributed by atoms with E-state index in [0.717, 1.165) is 12.2 Å². The molecule has 0 aliphatic carbocycles. The van der Waals surface area contributed by atoms with Gasteiger partial charge in [0.05, 0.1) is 0 Å². The molecular formula is C11H22Cl2N4. The van der Waals surface area contributed by atoms with Crippen LogP contribution in [0, 0.1) is 0 Å². The Labute approximate surface area is 114 Å². The highest BCUT2D eigenvalue weighted by Gasteiger charge is 2.22. The molecule has 3 N–H and O–H groups in total. The number of hydrogen-bond acceptors (Lipinski definition) is 4. The van der Waals surface area contributed by atoms with Crippen molar-refractivity contribution in [3.8, 4) is 0 Å². The zero-order valence-corrected chi connectivity index (χ0v) is 12.2. The van der Waals surface area contributed by atoms with E-state index in [1.165, 1.54) is 23.9 Å². The van der Waals surface area contributed by atoms with Crippen molar-refractivity contribution in [2.24, 2.45) is 0 Å². The molecule has 1 aliphatic rings. The third-order valence-electron chi connectivity index (χ3n) is 2.65. The number of halogens is 2. The number of alkyl halides is 1. The maximum absolute atomic E-state index is 5.97. The van der Waals surface area contributed by atoms with Crippen LogP contribution in [-0.2, 0) is 0 Å². The maximum Gasteiger partial charge on any atom is 0.120 e. The Morgan fingerprint density at radius 2 is 2.18 bits per heavy atom. The minimum absolute atomic E-state index is 0.0275. The molecular weight excluding hydrogens is 259 g/mol.